The van der Waals surface area contributed by atoms with E-state index in [1.54, 1.807) is 12.7 Å². The van der Waals surface area contributed by atoms with Crippen LogP contribution >= 0.6 is 0 Å². The normalized spacial score (nSPS) is 12.7. The van der Waals surface area contributed by atoms with Crippen LogP contribution in [0.5, 0.6) is 0 Å². The number of nitrogens with zero attached hydrogens (tertiary/aromatic N) is 3. The second-order valence-corrected chi connectivity index (χ2v) is 3.77. The van der Waals surface area contributed by atoms with Gasteiger partial charge in [0.15, 0.2) is 0 Å². The first kappa shape index (κ1) is 9.90. The Morgan fingerprint density at radius 3 is 2.73 bits per heavy atom. The topological polar surface area (TPSA) is 30.7 Å². The Balaban J connectivity index is 2.38. The number of aromatic nitrogens is 3. The van der Waals surface area contributed by atoms with E-state index in [2.05, 4.69) is 49.1 Å². The Bertz CT molecular complexity index is 446. The monoisotopic (exact) mass is 200 g/mol. The third kappa shape index (κ3) is 1.91. The van der Waals surface area contributed by atoms with Crippen molar-refractivity contribution in [2.75, 3.05) is 0 Å². The van der Waals surface area contributed by atoms with E-state index >= 15 is 0 Å². The lowest BCUT2D eigenvalue weighted by atomic mass is 10.0. The van der Waals surface area contributed by atoms with Crippen molar-refractivity contribution in [1.29, 1.82) is 0 Å². The minimum Gasteiger partial charge on any atom is -0.246 e. The van der Waals surface area contributed by atoms with Crippen molar-refractivity contribution >= 4 is 0 Å². The Hall–Kier alpha value is -1.64. The fourth-order valence-corrected chi connectivity index (χ4v) is 1.76. The first-order valence-electron chi connectivity index (χ1n) is 5.02. The minimum atomic E-state index is 0.212. The second-order valence-electron chi connectivity index (χ2n) is 3.77. The van der Waals surface area contributed by atoms with E-state index in [1.165, 1.54) is 16.7 Å². The van der Waals surface area contributed by atoms with Gasteiger partial charge in [0, 0.05) is 0 Å². The Labute approximate surface area is 89.8 Å². The van der Waals surface area contributed by atoms with E-state index < -0.39 is 0 Å². The molecule has 0 amide bonds. The number of benzene rings is 1. The molecule has 3 heteroatoms. The number of hydrogen-bond donors (Lipinski definition) is 0. The molecule has 2 rings (SSSR count). The summed E-state index contributed by atoms with van der Waals surface area (Å²) >= 11 is 0. The lowest BCUT2D eigenvalue weighted by Gasteiger charge is -2.14. The highest BCUT2D eigenvalue weighted by atomic mass is 15.3. The zero-order chi connectivity index (χ0) is 10.8. The van der Waals surface area contributed by atoms with Crippen LogP contribution in [0, 0.1) is 19.9 Å². The van der Waals surface area contributed by atoms with Crippen LogP contribution in [0.3, 0.4) is 0 Å². The molecule has 77 valence electrons. The maximum absolute atomic E-state index is 4.15. The summed E-state index contributed by atoms with van der Waals surface area (Å²) in [4.78, 5) is 3.96. The zero-order valence-electron chi connectivity index (χ0n) is 9.23. The van der Waals surface area contributed by atoms with E-state index in [1.807, 2.05) is 4.68 Å². The maximum atomic E-state index is 4.15. The molecule has 3 nitrogen and oxygen atoms in total. The zero-order valence-corrected chi connectivity index (χ0v) is 9.23. The molecule has 1 unspecified atom stereocenters. The van der Waals surface area contributed by atoms with Gasteiger partial charge in [0.05, 0.1) is 6.04 Å². The lowest BCUT2D eigenvalue weighted by Crippen LogP contribution is -2.08. The van der Waals surface area contributed by atoms with E-state index in [-0.39, 0.29) is 6.04 Å². The third-order valence-electron chi connectivity index (χ3n) is 2.61. The number of rotatable bonds is 2. The van der Waals surface area contributed by atoms with Gasteiger partial charge in [-0.05, 0) is 43.5 Å². The van der Waals surface area contributed by atoms with Crippen molar-refractivity contribution in [3.05, 3.63) is 47.5 Å². The molecule has 0 N–H and O–H groups in total. The van der Waals surface area contributed by atoms with Crippen molar-refractivity contribution in [3.63, 3.8) is 0 Å². The van der Waals surface area contributed by atoms with Crippen LogP contribution in [0.25, 0.3) is 0 Å². The Morgan fingerprint density at radius 1 is 1.33 bits per heavy atom. The van der Waals surface area contributed by atoms with Crippen LogP contribution in [0.4, 0.5) is 0 Å². The van der Waals surface area contributed by atoms with Crippen molar-refractivity contribution in [2.45, 2.75) is 26.8 Å². The predicted octanol–water partition coefficient (Wildman–Crippen LogP) is 2.30. The van der Waals surface area contributed by atoms with Crippen LogP contribution in [0.2, 0.25) is 0 Å². The molecular weight excluding hydrogens is 186 g/mol. The van der Waals surface area contributed by atoms with Gasteiger partial charge in [-0.2, -0.15) is 5.10 Å². The van der Waals surface area contributed by atoms with Crippen molar-refractivity contribution in [3.8, 4) is 0 Å². The van der Waals surface area contributed by atoms with Gasteiger partial charge >= 0.3 is 0 Å². The van der Waals surface area contributed by atoms with Crippen LogP contribution in [0.1, 0.15) is 29.7 Å². The van der Waals surface area contributed by atoms with Gasteiger partial charge in [0.25, 0.3) is 0 Å². The summed E-state index contributed by atoms with van der Waals surface area (Å²) in [7, 11) is 0. The average Bonchev–Trinajstić information content (AvgIpc) is 2.69. The number of aryl methyl sites for hydroxylation is 2. The van der Waals surface area contributed by atoms with Crippen LogP contribution < -0.4 is 0 Å². The van der Waals surface area contributed by atoms with Gasteiger partial charge in [-0.3, -0.25) is 0 Å². The Morgan fingerprint density at radius 2 is 2.13 bits per heavy atom. The third-order valence-corrected chi connectivity index (χ3v) is 2.61. The van der Waals surface area contributed by atoms with Gasteiger partial charge in [-0.1, -0.05) is 12.1 Å². The summed E-state index contributed by atoms with van der Waals surface area (Å²) in [6.07, 6.45) is 3.30. The summed E-state index contributed by atoms with van der Waals surface area (Å²) in [5, 5.41) is 4.15. The summed E-state index contributed by atoms with van der Waals surface area (Å²) < 4.78 is 1.85. The first-order valence-corrected chi connectivity index (χ1v) is 5.02. The van der Waals surface area contributed by atoms with Crippen molar-refractivity contribution < 1.29 is 0 Å². The summed E-state index contributed by atoms with van der Waals surface area (Å²) in [6.45, 7) is 6.24. The molecule has 0 aliphatic rings. The maximum Gasteiger partial charge on any atom is 0.137 e. The molecule has 0 bridgehead atoms. The van der Waals surface area contributed by atoms with Gasteiger partial charge in [0.2, 0.25) is 0 Å². The molecule has 0 fully saturated rings. The first-order chi connectivity index (χ1) is 7.18. The van der Waals surface area contributed by atoms with Crippen LogP contribution in [-0.2, 0) is 0 Å². The Kier molecular flexibility index (Phi) is 2.54. The summed E-state index contributed by atoms with van der Waals surface area (Å²) in [5.41, 5.74) is 3.59. The van der Waals surface area contributed by atoms with Crippen LogP contribution in [0.15, 0.2) is 24.8 Å². The van der Waals surface area contributed by atoms with E-state index in [0.29, 0.717) is 0 Å². The molecule has 2 aromatic rings. The molecule has 0 spiro atoms. The molecule has 1 atom stereocenters. The van der Waals surface area contributed by atoms with E-state index in [0.717, 1.165) is 0 Å². The van der Waals surface area contributed by atoms with Gasteiger partial charge in [-0.15, -0.1) is 0 Å². The minimum absolute atomic E-state index is 0.212. The van der Waals surface area contributed by atoms with Gasteiger partial charge < -0.3 is 0 Å². The molecule has 0 saturated carbocycles. The molecule has 0 aliphatic heterocycles. The standard InChI is InChI=1S/C12H14N3/c1-9-4-5-12(10(2)6-9)11(3)15-8-13-7-14-15/h4-5,7-8,11H,1-3H3. The molecule has 1 aromatic heterocycles. The van der Waals surface area contributed by atoms with Crippen molar-refractivity contribution in [1.82, 2.24) is 14.8 Å². The SMILES string of the molecule is Cc1[c]c(C)c(C(C)n2cncn2)cc1. The second kappa shape index (κ2) is 3.85. The van der Waals surface area contributed by atoms with Crippen molar-refractivity contribution in [2.24, 2.45) is 0 Å². The van der Waals surface area contributed by atoms with Crippen LogP contribution in [-0.4, -0.2) is 14.8 Å². The highest BCUT2D eigenvalue weighted by Gasteiger charge is 2.10. The highest BCUT2D eigenvalue weighted by Crippen LogP contribution is 2.20. The van der Waals surface area contributed by atoms with Gasteiger partial charge in [0.1, 0.15) is 12.7 Å². The molecule has 1 radical (unpaired) electrons. The quantitative estimate of drug-likeness (QED) is 0.744. The van der Waals surface area contributed by atoms with E-state index in [4.69, 9.17) is 0 Å². The number of hydrogen-bond acceptors (Lipinski definition) is 2. The van der Waals surface area contributed by atoms with Gasteiger partial charge in [-0.25, -0.2) is 9.67 Å². The molecular formula is C12H14N3. The average molecular weight is 200 g/mol. The molecule has 15 heavy (non-hydrogen) atoms. The fraction of sp³-hybridized carbons (Fsp3) is 0.333. The fourth-order valence-electron chi connectivity index (χ4n) is 1.76. The predicted molar refractivity (Wildman–Crippen MR) is 58.6 cm³/mol. The molecule has 1 aromatic carbocycles. The largest absolute Gasteiger partial charge is 0.246 e. The molecule has 0 saturated heterocycles. The smallest absolute Gasteiger partial charge is 0.137 e. The summed E-state index contributed by atoms with van der Waals surface area (Å²) in [5.74, 6) is 0. The lowest BCUT2D eigenvalue weighted by molar-refractivity contribution is 0.560. The summed E-state index contributed by atoms with van der Waals surface area (Å²) in [6, 6.07) is 7.74. The highest BCUT2D eigenvalue weighted by molar-refractivity contribution is 5.31. The molecule has 0 aliphatic carbocycles. The molecule has 1 heterocycles. The van der Waals surface area contributed by atoms with E-state index in [9.17, 15) is 0 Å².